The van der Waals surface area contributed by atoms with Gasteiger partial charge in [0.15, 0.2) is 0 Å². The van der Waals surface area contributed by atoms with Crippen LogP contribution in [0.3, 0.4) is 0 Å². The molecule has 2 aromatic carbocycles. The highest BCUT2D eigenvalue weighted by molar-refractivity contribution is 5.99. The third kappa shape index (κ3) is 4.34. The van der Waals surface area contributed by atoms with Crippen molar-refractivity contribution >= 4 is 17.6 Å². The lowest BCUT2D eigenvalue weighted by Crippen LogP contribution is -2.29. The van der Waals surface area contributed by atoms with Crippen LogP contribution >= 0.6 is 0 Å². The van der Waals surface area contributed by atoms with Crippen LogP contribution in [-0.4, -0.2) is 34.7 Å². The molecule has 6 heteroatoms. The SMILES string of the molecule is Cc1c(C(=O)O)cc(-c2ccccc2NCC2CCC(N)CC2)cc1C(=O)O. The van der Waals surface area contributed by atoms with E-state index in [0.29, 0.717) is 17.5 Å². The lowest BCUT2D eigenvalue weighted by Gasteiger charge is -2.27. The van der Waals surface area contributed by atoms with Crippen molar-refractivity contribution < 1.29 is 19.8 Å². The van der Waals surface area contributed by atoms with Crippen molar-refractivity contribution in [1.82, 2.24) is 0 Å². The molecule has 28 heavy (non-hydrogen) atoms. The molecule has 3 rings (SSSR count). The number of aromatic carboxylic acids is 2. The van der Waals surface area contributed by atoms with E-state index in [1.807, 2.05) is 24.3 Å². The normalized spacial score (nSPS) is 19.2. The molecule has 2 aromatic rings. The highest BCUT2D eigenvalue weighted by Crippen LogP contribution is 2.32. The molecule has 0 heterocycles. The standard InChI is InChI=1S/C22H26N2O4/c1-13-18(21(25)26)10-15(11-19(13)22(27)28)17-4-2-3-5-20(17)24-12-14-6-8-16(23)9-7-14/h2-5,10-11,14,16,24H,6-9,12,23H2,1H3,(H,25,26)(H,27,28). The number of nitrogens with one attached hydrogen (secondary N) is 1. The van der Waals surface area contributed by atoms with Crippen molar-refractivity contribution in [3.8, 4) is 11.1 Å². The lowest BCUT2D eigenvalue weighted by molar-refractivity contribution is 0.0696. The minimum atomic E-state index is -1.13. The van der Waals surface area contributed by atoms with E-state index in [4.69, 9.17) is 5.73 Å². The number of carbonyl (C=O) groups is 2. The number of benzene rings is 2. The fourth-order valence-corrected chi connectivity index (χ4v) is 3.85. The van der Waals surface area contributed by atoms with Crippen LogP contribution in [0.1, 0.15) is 52.0 Å². The van der Waals surface area contributed by atoms with Crippen LogP contribution in [0.25, 0.3) is 11.1 Å². The number of carboxylic acids is 2. The van der Waals surface area contributed by atoms with Gasteiger partial charge in [-0.1, -0.05) is 18.2 Å². The zero-order valence-corrected chi connectivity index (χ0v) is 15.9. The summed E-state index contributed by atoms with van der Waals surface area (Å²) in [7, 11) is 0. The first-order valence-corrected chi connectivity index (χ1v) is 9.57. The third-order valence-electron chi connectivity index (χ3n) is 5.58. The molecule has 0 amide bonds. The van der Waals surface area contributed by atoms with E-state index in [2.05, 4.69) is 5.32 Å². The Kier molecular flexibility index (Phi) is 5.99. The number of nitrogens with two attached hydrogens (primary N) is 1. The number of para-hydroxylation sites is 1. The van der Waals surface area contributed by atoms with E-state index >= 15 is 0 Å². The van der Waals surface area contributed by atoms with E-state index in [1.165, 1.54) is 6.92 Å². The number of hydrogen-bond acceptors (Lipinski definition) is 4. The zero-order chi connectivity index (χ0) is 20.3. The summed E-state index contributed by atoms with van der Waals surface area (Å²) in [5.74, 6) is -1.72. The van der Waals surface area contributed by atoms with Gasteiger partial charge in [-0.15, -0.1) is 0 Å². The molecule has 0 radical (unpaired) electrons. The maximum atomic E-state index is 11.6. The van der Waals surface area contributed by atoms with Crippen molar-refractivity contribution in [2.75, 3.05) is 11.9 Å². The molecule has 0 atom stereocenters. The highest BCUT2D eigenvalue weighted by Gasteiger charge is 2.20. The Bertz CT molecular complexity index is 851. The Hall–Kier alpha value is -2.86. The van der Waals surface area contributed by atoms with Gasteiger partial charge in [0.1, 0.15) is 0 Å². The van der Waals surface area contributed by atoms with E-state index in [9.17, 15) is 19.8 Å². The summed E-state index contributed by atoms with van der Waals surface area (Å²) in [5.41, 5.74) is 8.48. The number of rotatable bonds is 6. The van der Waals surface area contributed by atoms with E-state index in [-0.39, 0.29) is 16.7 Å². The molecule has 1 aliphatic rings. The van der Waals surface area contributed by atoms with Gasteiger partial charge in [0, 0.05) is 23.8 Å². The molecule has 0 unspecified atom stereocenters. The van der Waals surface area contributed by atoms with Gasteiger partial charge < -0.3 is 21.3 Å². The Morgan fingerprint density at radius 3 is 2.18 bits per heavy atom. The smallest absolute Gasteiger partial charge is 0.335 e. The van der Waals surface area contributed by atoms with Gasteiger partial charge in [0.25, 0.3) is 0 Å². The zero-order valence-electron chi connectivity index (χ0n) is 15.9. The summed E-state index contributed by atoms with van der Waals surface area (Å²) in [6.07, 6.45) is 4.26. The molecule has 0 aromatic heterocycles. The summed E-state index contributed by atoms with van der Waals surface area (Å²) in [4.78, 5) is 23.2. The second kappa shape index (κ2) is 8.44. The molecule has 5 N–H and O–H groups in total. The highest BCUT2D eigenvalue weighted by atomic mass is 16.4. The molecule has 0 aliphatic heterocycles. The fraction of sp³-hybridized carbons (Fsp3) is 0.364. The predicted octanol–water partition coefficient (Wildman–Crippen LogP) is 3.99. The summed E-state index contributed by atoms with van der Waals surface area (Å²) in [5, 5.41) is 22.5. The minimum Gasteiger partial charge on any atom is -0.478 e. The van der Waals surface area contributed by atoms with Crippen LogP contribution in [0.15, 0.2) is 36.4 Å². The first-order valence-electron chi connectivity index (χ1n) is 9.57. The Labute approximate surface area is 164 Å². The molecule has 1 fully saturated rings. The van der Waals surface area contributed by atoms with Crippen LogP contribution < -0.4 is 11.1 Å². The van der Waals surface area contributed by atoms with Gasteiger partial charge in [-0.05, 0) is 67.9 Å². The van der Waals surface area contributed by atoms with Gasteiger partial charge in [0.2, 0.25) is 0 Å². The molecule has 1 saturated carbocycles. The first-order chi connectivity index (χ1) is 13.4. The number of carboxylic acid groups (broad SMARTS) is 2. The molecule has 6 nitrogen and oxygen atoms in total. The first kappa shape index (κ1) is 19.9. The van der Waals surface area contributed by atoms with Crippen LogP contribution in [0, 0.1) is 12.8 Å². The topological polar surface area (TPSA) is 113 Å². The van der Waals surface area contributed by atoms with E-state index in [1.54, 1.807) is 12.1 Å². The van der Waals surface area contributed by atoms with Crippen LogP contribution in [0.5, 0.6) is 0 Å². The Balaban J connectivity index is 1.92. The molecule has 0 saturated heterocycles. The third-order valence-corrected chi connectivity index (χ3v) is 5.58. The quantitative estimate of drug-likeness (QED) is 0.601. The van der Waals surface area contributed by atoms with Crippen molar-refractivity contribution in [3.05, 3.63) is 53.1 Å². The fourth-order valence-electron chi connectivity index (χ4n) is 3.85. The lowest BCUT2D eigenvalue weighted by atomic mass is 9.86. The molecular weight excluding hydrogens is 356 g/mol. The predicted molar refractivity (Wildman–Crippen MR) is 109 cm³/mol. The molecule has 0 bridgehead atoms. The maximum Gasteiger partial charge on any atom is 0.335 e. The van der Waals surface area contributed by atoms with Gasteiger partial charge in [-0.3, -0.25) is 0 Å². The molecule has 148 valence electrons. The molecule has 0 spiro atoms. The number of hydrogen-bond donors (Lipinski definition) is 4. The summed E-state index contributed by atoms with van der Waals surface area (Å²) in [6, 6.07) is 11.0. The average Bonchev–Trinajstić information content (AvgIpc) is 2.67. The average molecular weight is 382 g/mol. The minimum absolute atomic E-state index is 0.00553. The van der Waals surface area contributed by atoms with Gasteiger partial charge in [-0.2, -0.15) is 0 Å². The van der Waals surface area contributed by atoms with Crippen LogP contribution in [0.2, 0.25) is 0 Å². The second-order valence-electron chi connectivity index (χ2n) is 7.51. The summed E-state index contributed by atoms with van der Waals surface area (Å²) >= 11 is 0. The second-order valence-corrected chi connectivity index (χ2v) is 7.51. The maximum absolute atomic E-state index is 11.6. The summed E-state index contributed by atoms with van der Waals surface area (Å²) in [6.45, 7) is 2.34. The Morgan fingerprint density at radius 2 is 1.61 bits per heavy atom. The van der Waals surface area contributed by atoms with Crippen molar-refractivity contribution in [2.24, 2.45) is 11.7 Å². The van der Waals surface area contributed by atoms with Crippen LogP contribution in [0.4, 0.5) is 5.69 Å². The van der Waals surface area contributed by atoms with Crippen LogP contribution in [-0.2, 0) is 0 Å². The monoisotopic (exact) mass is 382 g/mol. The van der Waals surface area contributed by atoms with Crippen molar-refractivity contribution in [1.29, 1.82) is 0 Å². The Morgan fingerprint density at radius 1 is 1.04 bits per heavy atom. The van der Waals surface area contributed by atoms with Gasteiger partial charge >= 0.3 is 11.9 Å². The van der Waals surface area contributed by atoms with Crippen molar-refractivity contribution in [2.45, 2.75) is 38.6 Å². The van der Waals surface area contributed by atoms with Gasteiger partial charge in [0.05, 0.1) is 11.1 Å². The van der Waals surface area contributed by atoms with Crippen molar-refractivity contribution in [3.63, 3.8) is 0 Å². The van der Waals surface area contributed by atoms with E-state index < -0.39 is 11.9 Å². The summed E-state index contributed by atoms with van der Waals surface area (Å²) < 4.78 is 0. The molecular formula is C22H26N2O4. The largest absolute Gasteiger partial charge is 0.478 e. The number of anilines is 1. The molecule has 1 aliphatic carbocycles. The van der Waals surface area contributed by atoms with E-state index in [0.717, 1.165) is 43.5 Å². The van der Waals surface area contributed by atoms with Gasteiger partial charge in [-0.25, -0.2) is 9.59 Å².